The van der Waals surface area contributed by atoms with Gasteiger partial charge in [0.25, 0.3) is 5.91 Å². The van der Waals surface area contributed by atoms with E-state index in [9.17, 15) is 24.6 Å². The van der Waals surface area contributed by atoms with E-state index >= 15 is 0 Å². The molecule has 0 bridgehead atoms. The Balaban J connectivity index is 1.31. The summed E-state index contributed by atoms with van der Waals surface area (Å²) >= 11 is 0. The Kier molecular flexibility index (Phi) is 11.3. The number of hydrogen-bond donors (Lipinski definition) is 4. The first-order valence-corrected chi connectivity index (χ1v) is 18.1. The highest BCUT2D eigenvalue weighted by molar-refractivity contribution is 5.87. The van der Waals surface area contributed by atoms with Crippen LogP contribution in [-0.4, -0.2) is 81.5 Å². The second-order valence-corrected chi connectivity index (χ2v) is 15.2. The molecule has 11 nitrogen and oxygen atoms in total. The van der Waals surface area contributed by atoms with Crippen molar-refractivity contribution in [1.29, 1.82) is 0 Å². The smallest absolute Gasteiger partial charge is 0.407 e. The lowest BCUT2D eigenvalue weighted by Gasteiger charge is -2.36. The molecule has 6 rings (SSSR count). The minimum absolute atomic E-state index is 0.0677. The molecule has 2 aliphatic rings. The van der Waals surface area contributed by atoms with Gasteiger partial charge in [-0.2, -0.15) is 0 Å². The van der Waals surface area contributed by atoms with Crippen LogP contribution in [0, 0.1) is 10.8 Å². The van der Waals surface area contributed by atoms with Gasteiger partial charge >= 0.3 is 6.09 Å². The molecule has 0 radical (unpaired) electrons. The maximum atomic E-state index is 14.8. The minimum Gasteiger partial charge on any atom is -0.453 e. The van der Waals surface area contributed by atoms with Crippen molar-refractivity contribution in [2.24, 2.45) is 10.8 Å². The number of hydrazine groups is 1. The summed E-state index contributed by atoms with van der Waals surface area (Å²) in [5, 5.41) is 27.6. The van der Waals surface area contributed by atoms with Crippen LogP contribution >= 0.6 is 0 Å². The van der Waals surface area contributed by atoms with Crippen molar-refractivity contribution >= 4 is 17.9 Å². The predicted octanol–water partition coefficient (Wildman–Crippen LogP) is 4.83. The van der Waals surface area contributed by atoms with Crippen LogP contribution in [0.25, 0.3) is 11.3 Å². The van der Waals surface area contributed by atoms with Crippen LogP contribution in [0.15, 0.2) is 103 Å². The first kappa shape index (κ1) is 37.7. The molecular weight excluding hydrogens is 670 g/mol. The van der Waals surface area contributed by atoms with Crippen LogP contribution in [0.4, 0.5) is 4.79 Å². The Labute approximate surface area is 311 Å². The van der Waals surface area contributed by atoms with E-state index in [0.717, 1.165) is 33.5 Å². The van der Waals surface area contributed by atoms with Crippen molar-refractivity contribution in [2.75, 3.05) is 20.2 Å². The second-order valence-electron chi connectivity index (χ2n) is 15.2. The van der Waals surface area contributed by atoms with E-state index in [1.54, 1.807) is 16.1 Å². The topological polar surface area (TPSA) is 144 Å². The van der Waals surface area contributed by atoms with Gasteiger partial charge in [-0.3, -0.25) is 20.0 Å². The molecule has 5 atom stereocenters. The van der Waals surface area contributed by atoms with Gasteiger partial charge in [-0.1, -0.05) is 106 Å². The number of hydrogen-bond acceptors (Lipinski definition) is 8. The number of nitrogens with zero attached hydrogens (tertiary/aromatic N) is 3. The van der Waals surface area contributed by atoms with Gasteiger partial charge in [-0.25, -0.2) is 9.80 Å². The molecule has 278 valence electrons. The van der Waals surface area contributed by atoms with Crippen molar-refractivity contribution in [3.8, 4) is 11.3 Å². The minimum atomic E-state index is -1.25. The van der Waals surface area contributed by atoms with Crippen molar-refractivity contribution in [1.82, 2.24) is 25.6 Å². The molecular formula is C42H49N5O6. The zero-order chi connectivity index (χ0) is 37.8. The predicted molar refractivity (Wildman–Crippen MR) is 201 cm³/mol. The highest BCUT2D eigenvalue weighted by Gasteiger charge is 2.56. The molecule has 2 heterocycles. The van der Waals surface area contributed by atoms with Crippen LogP contribution in [0.2, 0.25) is 0 Å². The molecule has 3 aromatic carbocycles. The third kappa shape index (κ3) is 8.27. The van der Waals surface area contributed by atoms with Gasteiger partial charge in [0.15, 0.2) is 0 Å². The fourth-order valence-electron chi connectivity index (χ4n) is 7.67. The van der Waals surface area contributed by atoms with Crippen molar-refractivity contribution < 1.29 is 29.3 Å². The Hall–Kier alpha value is -5.10. The summed E-state index contributed by atoms with van der Waals surface area (Å²) in [5.74, 6) is -0.684. The number of aliphatic hydroxyl groups excluding tert-OH is 2. The molecule has 0 spiro atoms. The van der Waals surface area contributed by atoms with Gasteiger partial charge in [-0.15, -0.1) is 0 Å². The largest absolute Gasteiger partial charge is 0.453 e. The zero-order valence-corrected chi connectivity index (χ0v) is 30.7. The van der Waals surface area contributed by atoms with Crippen LogP contribution in [0.1, 0.15) is 55.5 Å². The average molecular weight is 720 g/mol. The van der Waals surface area contributed by atoms with Crippen LogP contribution in [-0.2, 0) is 33.7 Å². The molecule has 1 unspecified atom stereocenters. The lowest BCUT2D eigenvalue weighted by Crippen LogP contribution is -2.57. The molecule has 4 N–H and O–H groups in total. The summed E-state index contributed by atoms with van der Waals surface area (Å²) in [4.78, 5) is 47.2. The number of pyridine rings is 1. The third-order valence-electron chi connectivity index (χ3n) is 10.5. The summed E-state index contributed by atoms with van der Waals surface area (Å²) in [7, 11) is 1.25. The molecule has 1 aliphatic carbocycles. The van der Waals surface area contributed by atoms with Gasteiger partial charge < -0.3 is 25.2 Å². The van der Waals surface area contributed by atoms with E-state index in [0.29, 0.717) is 6.42 Å². The van der Waals surface area contributed by atoms with E-state index in [2.05, 4.69) is 15.7 Å². The summed E-state index contributed by atoms with van der Waals surface area (Å²) in [6, 6.07) is 29.4. The Morgan fingerprint density at radius 3 is 2.34 bits per heavy atom. The normalized spacial score (nSPS) is 21.7. The van der Waals surface area contributed by atoms with E-state index in [1.807, 2.05) is 118 Å². The number of alkyl carbamates (subject to hydrolysis) is 1. The van der Waals surface area contributed by atoms with Gasteiger partial charge in [-0.05, 0) is 52.6 Å². The monoisotopic (exact) mass is 719 g/mol. The first-order valence-electron chi connectivity index (χ1n) is 18.1. The number of carbonyl (C=O) groups excluding carboxylic acids is 3. The fourth-order valence-corrected chi connectivity index (χ4v) is 7.67. The summed E-state index contributed by atoms with van der Waals surface area (Å²) in [6.07, 6.45) is 0.0651. The number of likely N-dealkylation sites (tertiary alicyclic amines) is 1. The molecule has 1 aromatic heterocycles. The molecule has 11 heteroatoms. The van der Waals surface area contributed by atoms with Crippen molar-refractivity contribution in [2.45, 2.75) is 70.9 Å². The number of carbonyl (C=O) groups is 3. The fraction of sp³-hybridized carbons (Fsp3) is 0.381. The summed E-state index contributed by atoms with van der Waals surface area (Å²) < 4.78 is 4.83. The Morgan fingerprint density at radius 2 is 1.66 bits per heavy atom. The molecule has 1 saturated heterocycles. The molecule has 1 aliphatic heterocycles. The van der Waals surface area contributed by atoms with Gasteiger partial charge in [0.05, 0.1) is 36.5 Å². The molecule has 1 fully saturated rings. The number of rotatable bonds is 12. The number of amides is 3. The number of aromatic nitrogens is 1. The highest BCUT2D eigenvalue weighted by Crippen LogP contribution is 2.46. The summed E-state index contributed by atoms with van der Waals surface area (Å²) in [5.41, 5.74) is 6.56. The number of nitrogens with one attached hydrogen (secondary N) is 2. The van der Waals surface area contributed by atoms with E-state index in [1.165, 1.54) is 7.11 Å². The SMILES string of the molecule is COC(=O)N[C@H](C(=O)NN(CC[C@@]1(Cc2ccccc2)C(=O)N(C2c3ccccc3C[C@H]2O)C[C@@H]1O)Cc1ccc(-c2ccccn2)cc1)C(C)(C)C. The molecule has 4 aromatic rings. The van der Waals surface area contributed by atoms with Crippen LogP contribution < -0.4 is 10.7 Å². The number of fused-ring (bicyclic) bond motifs is 1. The van der Waals surface area contributed by atoms with Crippen molar-refractivity contribution in [3.05, 3.63) is 126 Å². The van der Waals surface area contributed by atoms with Crippen LogP contribution in [0.5, 0.6) is 0 Å². The molecule has 0 saturated carbocycles. The Bertz CT molecular complexity index is 1880. The number of ether oxygens (including phenoxy) is 1. The lowest BCUT2D eigenvalue weighted by molar-refractivity contribution is -0.142. The number of β-amino-alcohol motifs (C(OH)–C–C–N with tert-alkyl or cyclic N) is 1. The van der Waals surface area contributed by atoms with Gasteiger partial charge in [0.1, 0.15) is 6.04 Å². The van der Waals surface area contributed by atoms with E-state index < -0.39 is 47.1 Å². The highest BCUT2D eigenvalue weighted by atomic mass is 16.5. The molecule has 3 amide bonds. The van der Waals surface area contributed by atoms with Crippen LogP contribution in [0.3, 0.4) is 0 Å². The number of aliphatic hydroxyl groups is 2. The maximum Gasteiger partial charge on any atom is 0.407 e. The maximum absolute atomic E-state index is 14.8. The van der Waals surface area contributed by atoms with Gasteiger partial charge in [0, 0.05) is 37.8 Å². The number of benzene rings is 3. The van der Waals surface area contributed by atoms with E-state index in [4.69, 9.17) is 4.74 Å². The Morgan fingerprint density at radius 1 is 0.962 bits per heavy atom. The van der Waals surface area contributed by atoms with Crippen molar-refractivity contribution in [3.63, 3.8) is 0 Å². The lowest BCUT2D eigenvalue weighted by atomic mass is 9.75. The first-order chi connectivity index (χ1) is 25.4. The second kappa shape index (κ2) is 15.9. The quantitative estimate of drug-likeness (QED) is 0.153. The van der Waals surface area contributed by atoms with Gasteiger partial charge in [0.2, 0.25) is 5.91 Å². The molecule has 53 heavy (non-hydrogen) atoms. The third-order valence-corrected chi connectivity index (χ3v) is 10.5. The summed E-state index contributed by atoms with van der Waals surface area (Å²) in [6.45, 7) is 6.07. The van der Waals surface area contributed by atoms with E-state index in [-0.39, 0.29) is 38.4 Å². The average Bonchev–Trinajstić information content (AvgIpc) is 3.60. The zero-order valence-electron chi connectivity index (χ0n) is 30.7. The number of methoxy groups -OCH3 is 1. The standard InChI is InChI=1S/C42H49N5O6/c1-41(2,3)37(44-40(52)53-4)38(50)45-46(26-29-17-19-30(20-18-29)33-16-10-11-22-43-33)23-21-42(25-28-12-6-5-7-13-28)35(49)27-47(39(42)51)36-32-15-9-8-14-31(32)24-34(36)48/h5-20,22,34-37,48-49H,21,23-27H2,1-4H3,(H,44,52)(H,45,50)/t34-,35+,36?,37-,42+/m1/s1.